The number of carbonyl (C=O) groups is 2. The zero-order valence-corrected chi connectivity index (χ0v) is 18.5. The van der Waals surface area contributed by atoms with Gasteiger partial charge < -0.3 is 14.6 Å². The number of benzene rings is 2. The number of hydrogen-bond acceptors (Lipinski definition) is 7. The molecule has 1 saturated heterocycles. The van der Waals surface area contributed by atoms with E-state index in [1.807, 2.05) is 13.8 Å². The Kier molecular flexibility index (Phi) is 6.23. The number of Topliss-reactive ketones (excluding diaryl/α,β-unsaturated/α-hetero) is 1. The average molecular weight is 451 g/mol. The van der Waals surface area contributed by atoms with Crippen molar-refractivity contribution in [2.24, 2.45) is 0 Å². The number of hydrogen-bond donors (Lipinski definition) is 1. The molecule has 7 nitrogen and oxygen atoms in total. The molecule has 0 saturated carbocycles. The molecule has 1 aliphatic rings. The number of aliphatic hydroxyl groups is 1. The number of aromatic nitrogens is 1. The molecule has 164 valence electrons. The van der Waals surface area contributed by atoms with Crippen LogP contribution in [0.3, 0.4) is 0 Å². The van der Waals surface area contributed by atoms with Crippen LogP contribution in [0.25, 0.3) is 5.76 Å². The lowest BCUT2D eigenvalue weighted by Crippen LogP contribution is -2.29. The Labute approximate surface area is 189 Å². The maximum atomic E-state index is 13.1. The molecular formula is C24H22N2O5S. The fourth-order valence-electron chi connectivity index (χ4n) is 3.65. The van der Waals surface area contributed by atoms with Crippen LogP contribution in [0.4, 0.5) is 5.13 Å². The van der Waals surface area contributed by atoms with Crippen LogP contribution in [0, 0.1) is 0 Å². The molecule has 1 amide bonds. The largest absolute Gasteiger partial charge is 0.507 e. The molecule has 0 bridgehead atoms. The van der Waals surface area contributed by atoms with Gasteiger partial charge >= 0.3 is 5.91 Å². The van der Waals surface area contributed by atoms with Gasteiger partial charge in [-0.25, -0.2) is 4.98 Å². The van der Waals surface area contributed by atoms with Crippen molar-refractivity contribution >= 4 is 33.9 Å². The third-order valence-corrected chi connectivity index (χ3v) is 5.77. The molecular weight excluding hydrogens is 428 g/mol. The third-order valence-electron chi connectivity index (χ3n) is 5.00. The summed E-state index contributed by atoms with van der Waals surface area (Å²) in [5, 5.41) is 13.3. The van der Waals surface area contributed by atoms with E-state index < -0.39 is 17.7 Å². The molecule has 8 heteroatoms. The number of thiazole rings is 1. The predicted octanol–water partition coefficient (Wildman–Crippen LogP) is 4.57. The fourth-order valence-corrected chi connectivity index (χ4v) is 4.32. The minimum atomic E-state index is -0.826. The van der Waals surface area contributed by atoms with Crippen LogP contribution >= 0.6 is 11.3 Å². The van der Waals surface area contributed by atoms with E-state index in [9.17, 15) is 14.7 Å². The van der Waals surface area contributed by atoms with Crippen LogP contribution in [0.5, 0.6) is 11.5 Å². The summed E-state index contributed by atoms with van der Waals surface area (Å²) in [5.74, 6) is -0.530. The van der Waals surface area contributed by atoms with Gasteiger partial charge in [0, 0.05) is 17.1 Å². The summed E-state index contributed by atoms with van der Waals surface area (Å²) < 4.78 is 11.0. The quantitative estimate of drug-likeness (QED) is 0.322. The second kappa shape index (κ2) is 9.23. The number of nitrogens with zero attached hydrogens (tertiary/aromatic N) is 2. The highest BCUT2D eigenvalue weighted by Crippen LogP contribution is 2.43. The van der Waals surface area contributed by atoms with Gasteiger partial charge in [-0.3, -0.25) is 14.5 Å². The molecule has 1 N–H and O–H groups in total. The Bertz CT molecular complexity index is 1160. The number of anilines is 1. The highest BCUT2D eigenvalue weighted by Gasteiger charge is 2.48. The van der Waals surface area contributed by atoms with Crippen molar-refractivity contribution in [3.05, 3.63) is 76.8 Å². The molecule has 0 spiro atoms. The van der Waals surface area contributed by atoms with E-state index >= 15 is 0 Å². The number of ketones is 1. The second-order valence-electron chi connectivity index (χ2n) is 6.95. The van der Waals surface area contributed by atoms with Crippen LogP contribution in [-0.4, -0.2) is 35.0 Å². The Morgan fingerprint density at radius 2 is 1.78 bits per heavy atom. The lowest BCUT2D eigenvalue weighted by Gasteiger charge is -2.23. The molecule has 1 atom stereocenters. The number of aliphatic hydroxyl groups excluding tert-OH is 1. The van der Waals surface area contributed by atoms with Crippen molar-refractivity contribution < 1.29 is 24.2 Å². The molecule has 2 aromatic carbocycles. The van der Waals surface area contributed by atoms with E-state index in [0.717, 1.165) is 0 Å². The van der Waals surface area contributed by atoms with Crippen molar-refractivity contribution in [3.63, 3.8) is 0 Å². The van der Waals surface area contributed by atoms with E-state index in [1.165, 1.54) is 16.2 Å². The summed E-state index contributed by atoms with van der Waals surface area (Å²) in [6.45, 7) is 4.73. The number of carbonyl (C=O) groups excluding carboxylic acids is 2. The van der Waals surface area contributed by atoms with Crippen LogP contribution in [0.1, 0.15) is 31.0 Å². The fraction of sp³-hybridized carbons (Fsp3) is 0.208. The molecule has 1 unspecified atom stereocenters. The van der Waals surface area contributed by atoms with Crippen molar-refractivity contribution in [2.45, 2.75) is 19.9 Å². The zero-order valence-electron chi connectivity index (χ0n) is 17.6. The van der Waals surface area contributed by atoms with Gasteiger partial charge in [-0.05, 0) is 43.7 Å². The Hall–Kier alpha value is -3.65. The predicted molar refractivity (Wildman–Crippen MR) is 122 cm³/mol. The van der Waals surface area contributed by atoms with Crippen molar-refractivity contribution in [1.29, 1.82) is 0 Å². The van der Waals surface area contributed by atoms with Gasteiger partial charge in [0.2, 0.25) is 0 Å². The normalized spacial score (nSPS) is 17.6. The minimum absolute atomic E-state index is 0.00279. The Balaban J connectivity index is 1.87. The van der Waals surface area contributed by atoms with Crippen molar-refractivity contribution in [1.82, 2.24) is 4.98 Å². The summed E-state index contributed by atoms with van der Waals surface area (Å²) in [4.78, 5) is 31.7. The van der Waals surface area contributed by atoms with Gasteiger partial charge in [0.15, 0.2) is 5.13 Å². The van der Waals surface area contributed by atoms with E-state index in [-0.39, 0.29) is 11.3 Å². The molecule has 1 fully saturated rings. The minimum Gasteiger partial charge on any atom is -0.507 e. The molecule has 32 heavy (non-hydrogen) atoms. The van der Waals surface area contributed by atoms with E-state index in [2.05, 4.69) is 4.98 Å². The lowest BCUT2D eigenvalue weighted by molar-refractivity contribution is -0.132. The average Bonchev–Trinajstić information content (AvgIpc) is 3.41. The topological polar surface area (TPSA) is 89.0 Å². The van der Waals surface area contributed by atoms with Crippen LogP contribution in [0.15, 0.2) is 65.7 Å². The first-order valence-corrected chi connectivity index (χ1v) is 11.1. The number of ether oxygens (including phenoxy) is 2. The van der Waals surface area contributed by atoms with Crippen LogP contribution in [-0.2, 0) is 9.59 Å². The maximum absolute atomic E-state index is 13.1. The van der Waals surface area contributed by atoms with Gasteiger partial charge in [0.05, 0.1) is 24.8 Å². The summed E-state index contributed by atoms with van der Waals surface area (Å²) >= 11 is 1.25. The van der Waals surface area contributed by atoms with E-state index in [4.69, 9.17) is 9.47 Å². The number of amides is 1. The molecule has 3 aromatic rings. The summed E-state index contributed by atoms with van der Waals surface area (Å²) in [6.07, 6.45) is 1.57. The second-order valence-corrected chi connectivity index (χ2v) is 7.82. The first-order chi connectivity index (χ1) is 15.5. The molecule has 0 aliphatic carbocycles. The van der Waals surface area contributed by atoms with Gasteiger partial charge in [-0.2, -0.15) is 0 Å². The molecule has 0 radical (unpaired) electrons. The summed E-state index contributed by atoms with van der Waals surface area (Å²) in [7, 11) is 0. The summed E-state index contributed by atoms with van der Waals surface area (Å²) in [5.41, 5.74) is 1.05. The van der Waals surface area contributed by atoms with Gasteiger partial charge in [-0.15, -0.1) is 11.3 Å². The highest BCUT2D eigenvalue weighted by atomic mass is 32.1. The van der Waals surface area contributed by atoms with E-state index in [1.54, 1.807) is 60.1 Å². The van der Waals surface area contributed by atoms with Crippen LogP contribution < -0.4 is 14.4 Å². The molecule has 2 heterocycles. The monoisotopic (exact) mass is 450 g/mol. The standard InChI is InChI=1S/C24H22N2O5S/c1-3-30-17-10-8-15(9-11-17)20-19(21(27)16-6-5-7-18(14-16)31-4-2)22(28)23(29)26(20)24-25-12-13-32-24/h5-14,20,27H,3-4H2,1-2H3/b21-19+. The Morgan fingerprint density at radius 3 is 2.44 bits per heavy atom. The molecule has 4 rings (SSSR count). The molecule has 1 aliphatic heterocycles. The molecule has 1 aromatic heterocycles. The van der Waals surface area contributed by atoms with Gasteiger partial charge in [0.1, 0.15) is 17.3 Å². The number of rotatable bonds is 7. The SMILES string of the molecule is CCOc1ccc(C2/C(=C(\O)c3cccc(OCC)c3)C(=O)C(=O)N2c2nccs2)cc1. The highest BCUT2D eigenvalue weighted by molar-refractivity contribution is 7.14. The van der Waals surface area contributed by atoms with Crippen molar-refractivity contribution in [3.8, 4) is 11.5 Å². The Morgan fingerprint density at radius 1 is 1.06 bits per heavy atom. The first-order valence-electron chi connectivity index (χ1n) is 10.2. The maximum Gasteiger partial charge on any atom is 0.301 e. The summed E-state index contributed by atoms with van der Waals surface area (Å²) in [6, 6.07) is 13.1. The lowest BCUT2D eigenvalue weighted by atomic mass is 9.95. The van der Waals surface area contributed by atoms with Crippen LogP contribution in [0.2, 0.25) is 0 Å². The first kappa shape index (κ1) is 21.6. The third kappa shape index (κ3) is 3.97. The van der Waals surface area contributed by atoms with Crippen molar-refractivity contribution in [2.75, 3.05) is 18.1 Å². The zero-order chi connectivity index (χ0) is 22.7. The van der Waals surface area contributed by atoms with E-state index in [0.29, 0.717) is 41.0 Å². The smallest absolute Gasteiger partial charge is 0.301 e. The van der Waals surface area contributed by atoms with Gasteiger partial charge in [0.25, 0.3) is 5.78 Å². The van der Waals surface area contributed by atoms with Gasteiger partial charge in [-0.1, -0.05) is 24.3 Å².